The fourth-order valence-corrected chi connectivity index (χ4v) is 3.25. The molecule has 1 unspecified atom stereocenters. The summed E-state index contributed by atoms with van der Waals surface area (Å²) >= 11 is 0. The minimum atomic E-state index is 0.117. The van der Waals surface area contributed by atoms with Crippen LogP contribution < -0.4 is 14.8 Å². The first kappa shape index (κ1) is 22.6. The third-order valence-electron chi connectivity index (χ3n) is 4.98. The summed E-state index contributed by atoms with van der Waals surface area (Å²) in [5, 5.41) is 3.40. The SMILES string of the molecule is CCNC(=NCC(c1ccc(OC)c(OC)c1)N(C)C)N(C)Cc1cccn1C. The van der Waals surface area contributed by atoms with Crippen molar-refractivity contribution in [3.63, 3.8) is 0 Å². The molecule has 29 heavy (non-hydrogen) atoms. The lowest BCUT2D eigenvalue weighted by Crippen LogP contribution is -2.39. The van der Waals surface area contributed by atoms with E-state index in [-0.39, 0.29) is 6.04 Å². The van der Waals surface area contributed by atoms with Crippen LogP contribution in [0.3, 0.4) is 0 Å². The molecule has 0 radical (unpaired) electrons. The number of hydrogen-bond acceptors (Lipinski definition) is 4. The molecule has 0 fully saturated rings. The number of likely N-dealkylation sites (N-methyl/N-ethyl adjacent to an activating group) is 1. The number of aromatic nitrogens is 1. The van der Waals surface area contributed by atoms with Gasteiger partial charge in [0.25, 0.3) is 0 Å². The van der Waals surface area contributed by atoms with Crippen LogP contribution >= 0.6 is 0 Å². The second-order valence-electron chi connectivity index (χ2n) is 7.25. The Bertz CT molecular complexity index is 800. The van der Waals surface area contributed by atoms with Gasteiger partial charge in [-0.3, -0.25) is 4.99 Å². The topological polar surface area (TPSA) is 54.3 Å². The van der Waals surface area contributed by atoms with Gasteiger partial charge in [0.05, 0.1) is 33.4 Å². The Morgan fingerprint density at radius 1 is 1.14 bits per heavy atom. The van der Waals surface area contributed by atoms with Crippen LogP contribution in [0.4, 0.5) is 0 Å². The molecule has 7 nitrogen and oxygen atoms in total. The first-order valence-electron chi connectivity index (χ1n) is 9.89. The molecular weight excluding hydrogens is 366 g/mol. The standard InChI is InChI=1S/C22H35N5O2/c1-8-23-22(27(5)16-18-10-9-13-26(18)4)24-15-19(25(2)3)17-11-12-20(28-6)21(14-17)29-7/h9-14,19H,8,15-16H2,1-7H3,(H,23,24). The Hall–Kier alpha value is -2.67. The highest BCUT2D eigenvalue weighted by Crippen LogP contribution is 2.31. The monoisotopic (exact) mass is 401 g/mol. The molecule has 1 heterocycles. The van der Waals surface area contributed by atoms with Gasteiger partial charge in [0.15, 0.2) is 17.5 Å². The van der Waals surface area contributed by atoms with E-state index in [1.807, 2.05) is 12.1 Å². The minimum Gasteiger partial charge on any atom is -0.493 e. The van der Waals surface area contributed by atoms with E-state index < -0.39 is 0 Å². The zero-order valence-corrected chi connectivity index (χ0v) is 18.8. The van der Waals surface area contributed by atoms with E-state index in [0.29, 0.717) is 6.54 Å². The third kappa shape index (κ3) is 5.90. The summed E-state index contributed by atoms with van der Waals surface area (Å²) in [6, 6.07) is 10.4. The van der Waals surface area contributed by atoms with Crippen LogP contribution in [0.2, 0.25) is 0 Å². The molecule has 2 aromatic rings. The fraction of sp³-hybridized carbons (Fsp3) is 0.500. The quantitative estimate of drug-likeness (QED) is 0.517. The average molecular weight is 402 g/mol. The molecule has 1 aromatic heterocycles. The van der Waals surface area contributed by atoms with E-state index in [1.165, 1.54) is 5.69 Å². The van der Waals surface area contributed by atoms with Gasteiger partial charge in [-0.25, -0.2) is 0 Å². The van der Waals surface area contributed by atoms with Crippen molar-refractivity contribution in [1.82, 2.24) is 19.7 Å². The fourth-order valence-electron chi connectivity index (χ4n) is 3.25. The molecule has 0 saturated heterocycles. The smallest absolute Gasteiger partial charge is 0.194 e. The lowest BCUT2D eigenvalue weighted by atomic mass is 10.1. The Balaban J connectivity index is 2.22. The zero-order chi connectivity index (χ0) is 21.4. The zero-order valence-electron chi connectivity index (χ0n) is 18.8. The highest BCUT2D eigenvalue weighted by atomic mass is 16.5. The van der Waals surface area contributed by atoms with Crippen LogP contribution in [0.25, 0.3) is 0 Å². The van der Waals surface area contributed by atoms with Gasteiger partial charge in [-0.05, 0) is 50.8 Å². The molecule has 1 aromatic carbocycles. The van der Waals surface area contributed by atoms with Crippen LogP contribution in [-0.2, 0) is 13.6 Å². The van der Waals surface area contributed by atoms with Crippen molar-refractivity contribution in [3.8, 4) is 11.5 Å². The molecule has 2 rings (SSSR count). The van der Waals surface area contributed by atoms with Gasteiger partial charge in [-0.15, -0.1) is 0 Å². The summed E-state index contributed by atoms with van der Waals surface area (Å²) in [7, 11) is 11.6. The van der Waals surface area contributed by atoms with Crippen LogP contribution in [0.5, 0.6) is 11.5 Å². The molecule has 0 aliphatic rings. The third-order valence-corrected chi connectivity index (χ3v) is 4.98. The number of ether oxygens (including phenoxy) is 2. The lowest BCUT2D eigenvalue weighted by molar-refractivity contribution is 0.302. The van der Waals surface area contributed by atoms with Crippen molar-refractivity contribution in [2.24, 2.45) is 12.0 Å². The normalized spacial score (nSPS) is 12.8. The van der Waals surface area contributed by atoms with Crippen molar-refractivity contribution >= 4 is 5.96 Å². The van der Waals surface area contributed by atoms with Crippen molar-refractivity contribution in [1.29, 1.82) is 0 Å². The Morgan fingerprint density at radius 2 is 1.86 bits per heavy atom. The molecule has 0 aliphatic heterocycles. The second-order valence-corrected chi connectivity index (χ2v) is 7.25. The number of benzene rings is 1. The Labute approximate surface area is 174 Å². The molecule has 0 spiro atoms. The van der Waals surface area contributed by atoms with E-state index in [0.717, 1.165) is 36.1 Å². The predicted molar refractivity (Wildman–Crippen MR) is 119 cm³/mol. The highest BCUT2D eigenvalue weighted by Gasteiger charge is 2.17. The number of nitrogens with zero attached hydrogens (tertiary/aromatic N) is 4. The maximum atomic E-state index is 5.48. The molecule has 0 amide bonds. The van der Waals surface area contributed by atoms with Crippen molar-refractivity contribution < 1.29 is 9.47 Å². The van der Waals surface area contributed by atoms with E-state index in [4.69, 9.17) is 14.5 Å². The highest BCUT2D eigenvalue weighted by molar-refractivity contribution is 5.79. The summed E-state index contributed by atoms with van der Waals surface area (Å²) < 4.78 is 13.0. The van der Waals surface area contributed by atoms with Crippen LogP contribution in [0.15, 0.2) is 41.5 Å². The van der Waals surface area contributed by atoms with Gasteiger partial charge >= 0.3 is 0 Å². The summed E-state index contributed by atoms with van der Waals surface area (Å²) in [6.07, 6.45) is 2.06. The second kappa shape index (κ2) is 10.8. The van der Waals surface area contributed by atoms with Gasteiger partial charge in [0, 0.05) is 32.5 Å². The van der Waals surface area contributed by atoms with Gasteiger partial charge in [0.1, 0.15) is 0 Å². The number of aliphatic imine (C=N–C) groups is 1. The number of hydrogen-bond donors (Lipinski definition) is 1. The van der Waals surface area contributed by atoms with Crippen LogP contribution in [0.1, 0.15) is 24.2 Å². The van der Waals surface area contributed by atoms with Gasteiger partial charge in [-0.2, -0.15) is 0 Å². The van der Waals surface area contributed by atoms with E-state index >= 15 is 0 Å². The van der Waals surface area contributed by atoms with Crippen molar-refractivity contribution in [3.05, 3.63) is 47.8 Å². The van der Waals surface area contributed by atoms with Crippen LogP contribution in [0, 0.1) is 0 Å². The molecule has 0 saturated carbocycles. The number of rotatable bonds is 9. The molecule has 0 bridgehead atoms. The maximum Gasteiger partial charge on any atom is 0.194 e. The Morgan fingerprint density at radius 3 is 2.41 bits per heavy atom. The maximum absolute atomic E-state index is 5.48. The molecule has 7 heteroatoms. The molecule has 1 N–H and O–H groups in total. The number of methoxy groups -OCH3 is 2. The number of nitrogens with one attached hydrogen (secondary N) is 1. The molecule has 160 valence electrons. The van der Waals surface area contributed by atoms with E-state index in [2.05, 4.69) is 79.2 Å². The van der Waals surface area contributed by atoms with Crippen LogP contribution in [-0.4, -0.2) is 68.8 Å². The van der Waals surface area contributed by atoms with Crippen molar-refractivity contribution in [2.75, 3.05) is 48.5 Å². The summed E-state index contributed by atoms with van der Waals surface area (Å²) in [6.45, 7) is 4.32. The largest absolute Gasteiger partial charge is 0.493 e. The van der Waals surface area contributed by atoms with Gasteiger partial charge < -0.3 is 29.2 Å². The first-order chi connectivity index (χ1) is 13.9. The summed E-state index contributed by atoms with van der Waals surface area (Å²) in [5.74, 6) is 2.35. The average Bonchev–Trinajstić information content (AvgIpc) is 3.11. The molecule has 0 aliphatic carbocycles. The predicted octanol–water partition coefficient (Wildman–Crippen LogP) is 2.74. The summed E-state index contributed by atoms with van der Waals surface area (Å²) in [5.41, 5.74) is 2.37. The molecule has 1 atom stereocenters. The molecular formula is C22H35N5O2. The minimum absolute atomic E-state index is 0.117. The van der Waals surface area contributed by atoms with Gasteiger partial charge in [0.2, 0.25) is 0 Å². The van der Waals surface area contributed by atoms with E-state index in [9.17, 15) is 0 Å². The van der Waals surface area contributed by atoms with Gasteiger partial charge in [-0.1, -0.05) is 6.07 Å². The first-order valence-corrected chi connectivity index (χ1v) is 9.89. The number of guanidine groups is 1. The summed E-state index contributed by atoms with van der Waals surface area (Å²) in [4.78, 5) is 9.25. The number of aryl methyl sites for hydroxylation is 1. The van der Waals surface area contributed by atoms with Crippen molar-refractivity contribution in [2.45, 2.75) is 19.5 Å². The Kier molecular flexibility index (Phi) is 8.39. The lowest BCUT2D eigenvalue weighted by Gasteiger charge is -2.26. The van der Waals surface area contributed by atoms with E-state index in [1.54, 1.807) is 14.2 Å².